The second-order valence-corrected chi connectivity index (χ2v) is 14.2. The van der Waals surface area contributed by atoms with E-state index < -0.39 is 17.7 Å². The van der Waals surface area contributed by atoms with E-state index in [1.807, 2.05) is 37.3 Å². The van der Waals surface area contributed by atoms with E-state index in [0.717, 1.165) is 48.1 Å². The lowest BCUT2D eigenvalue weighted by molar-refractivity contribution is -0.252. The topological polar surface area (TPSA) is 141 Å². The minimum atomic E-state index is -1.33. The molecule has 6 atom stereocenters. The molecule has 1 fully saturated rings. The number of nitrogens with one attached hydrogen (secondary N) is 1. The number of urea groups is 1. The summed E-state index contributed by atoms with van der Waals surface area (Å²) < 4.78 is 31.2. The highest BCUT2D eigenvalue weighted by Gasteiger charge is 2.65. The third kappa shape index (κ3) is 8.11. The summed E-state index contributed by atoms with van der Waals surface area (Å²) >= 11 is 0. The molecule has 0 bridgehead atoms. The van der Waals surface area contributed by atoms with Crippen LogP contribution in [0.25, 0.3) is 0 Å². The van der Waals surface area contributed by atoms with Crippen LogP contribution >= 0.6 is 0 Å². The monoisotopic (exact) mass is 745 g/mol. The number of oxime groups is 1. The molecular formula is C42H55N3O9. The summed E-state index contributed by atoms with van der Waals surface area (Å²) in [6.45, 7) is 11.3. The molecule has 2 aromatic carbocycles. The second kappa shape index (κ2) is 18.2. The first-order valence-corrected chi connectivity index (χ1v) is 19.2. The maximum Gasteiger partial charge on any atom is 0.317 e. The molecule has 54 heavy (non-hydrogen) atoms. The van der Waals surface area contributed by atoms with Crippen molar-refractivity contribution in [3.63, 3.8) is 0 Å². The second-order valence-electron chi connectivity index (χ2n) is 14.2. The number of nitrogens with zero attached hydrogens (tertiary/aromatic N) is 2. The first kappa shape index (κ1) is 39.2. The number of aliphatic hydroxyl groups is 2. The zero-order chi connectivity index (χ0) is 38.1. The summed E-state index contributed by atoms with van der Waals surface area (Å²) in [5, 5.41) is 27.4. The minimum Gasteiger partial charge on any atom is -0.490 e. The van der Waals surface area contributed by atoms with Crippen LogP contribution in [0.2, 0.25) is 0 Å². The SMILES string of the molecule is C=CCOc1ccc2c(c1)C1C(CCCCO)C(CCCCO)C=C3C(=NOCC)CC(N(C)C(=O)NCc4ccc5c(c4)OCO5)C(OCC=C)(O2)C31. The molecule has 4 aliphatic rings. The van der Waals surface area contributed by atoms with Crippen molar-refractivity contribution in [2.24, 2.45) is 22.9 Å². The fourth-order valence-electron chi connectivity index (χ4n) is 8.61. The number of likely N-dealkylation sites (N-methyl/N-ethyl adjacent to an activating group) is 1. The molecule has 3 N–H and O–H groups in total. The van der Waals surface area contributed by atoms with Gasteiger partial charge in [-0.3, -0.25) is 0 Å². The summed E-state index contributed by atoms with van der Waals surface area (Å²) in [6, 6.07) is 10.6. The predicted molar refractivity (Wildman–Crippen MR) is 205 cm³/mol. The highest BCUT2D eigenvalue weighted by atomic mass is 16.7. The van der Waals surface area contributed by atoms with Gasteiger partial charge in [-0.05, 0) is 85.9 Å². The highest BCUT2D eigenvalue weighted by Crippen LogP contribution is 2.61. The summed E-state index contributed by atoms with van der Waals surface area (Å²) in [6.07, 6.45) is 10.9. The molecular weight excluding hydrogens is 690 g/mol. The van der Waals surface area contributed by atoms with Gasteiger partial charge in [0, 0.05) is 44.7 Å². The number of fused-ring (bicyclic) bond motifs is 3. The first-order chi connectivity index (χ1) is 26.4. The minimum absolute atomic E-state index is 0.113. The van der Waals surface area contributed by atoms with Crippen molar-refractivity contribution >= 4 is 11.7 Å². The molecule has 292 valence electrons. The Kier molecular flexibility index (Phi) is 13.2. The van der Waals surface area contributed by atoms with Crippen molar-refractivity contribution in [2.75, 3.05) is 46.9 Å². The largest absolute Gasteiger partial charge is 0.490 e. The lowest BCUT2D eigenvalue weighted by Gasteiger charge is -2.59. The number of hydrogen-bond donors (Lipinski definition) is 3. The van der Waals surface area contributed by atoms with E-state index in [9.17, 15) is 15.0 Å². The number of unbranched alkanes of at least 4 members (excludes halogenated alkanes) is 2. The van der Waals surface area contributed by atoms with Gasteiger partial charge in [0.15, 0.2) is 11.5 Å². The van der Waals surface area contributed by atoms with Crippen molar-refractivity contribution < 1.29 is 43.5 Å². The average Bonchev–Trinajstić information content (AvgIpc) is 3.66. The molecule has 0 saturated heterocycles. The Morgan fingerprint density at radius 3 is 2.54 bits per heavy atom. The van der Waals surface area contributed by atoms with Gasteiger partial charge in [-0.1, -0.05) is 48.9 Å². The van der Waals surface area contributed by atoms with Crippen LogP contribution < -0.4 is 24.3 Å². The van der Waals surface area contributed by atoms with Crippen LogP contribution in [0, 0.1) is 17.8 Å². The number of hydrogen-bond acceptors (Lipinski definition) is 10. The summed E-state index contributed by atoms with van der Waals surface area (Å²) in [7, 11) is 1.77. The third-order valence-corrected chi connectivity index (χ3v) is 11.0. The Bertz CT molecular complexity index is 1690. The van der Waals surface area contributed by atoms with E-state index in [4.69, 9.17) is 33.7 Å². The fourth-order valence-corrected chi connectivity index (χ4v) is 8.61. The molecule has 1 saturated carbocycles. The molecule has 0 aromatic heterocycles. The van der Waals surface area contributed by atoms with Gasteiger partial charge in [0.2, 0.25) is 12.6 Å². The van der Waals surface area contributed by atoms with Gasteiger partial charge in [-0.25, -0.2) is 4.79 Å². The average molecular weight is 746 g/mol. The van der Waals surface area contributed by atoms with Gasteiger partial charge >= 0.3 is 6.03 Å². The zero-order valence-electron chi connectivity index (χ0n) is 31.5. The van der Waals surface area contributed by atoms with E-state index in [1.165, 1.54) is 0 Å². The lowest BCUT2D eigenvalue weighted by atomic mass is 9.55. The fraction of sp³-hybridized carbons (Fsp3) is 0.524. The van der Waals surface area contributed by atoms with E-state index in [2.05, 4.69) is 30.6 Å². The molecule has 2 heterocycles. The van der Waals surface area contributed by atoms with Gasteiger partial charge in [0.05, 0.1) is 18.2 Å². The maximum absolute atomic E-state index is 14.2. The Labute approximate surface area is 318 Å². The Hall–Kier alpha value is -4.52. The van der Waals surface area contributed by atoms with E-state index in [0.29, 0.717) is 55.5 Å². The molecule has 12 nitrogen and oxygen atoms in total. The van der Waals surface area contributed by atoms with Crippen LogP contribution in [-0.2, 0) is 16.1 Å². The normalized spacial score (nSPS) is 25.4. The van der Waals surface area contributed by atoms with Crippen molar-refractivity contribution in [1.29, 1.82) is 0 Å². The number of rotatable bonds is 19. The van der Waals surface area contributed by atoms with Crippen LogP contribution in [0.15, 0.2) is 78.5 Å². The molecule has 2 aliphatic heterocycles. The molecule has 2 amide bonds. The summed E-state index contributed by atoms with van der Waals surface area (Å²) in [5.41, 5.74) is 3.60. The number of allylic oxidation sites excluding steroid dienone is 1. The van der Waals surface area contributed by atoms with Crippen molar-refractivity contribution in [3.05, 3.63) is 84.5 Å². The summed E-state index contributed by atoms with van der Waals surface area (Å²) in [4.78, 5) is 21.7. The van der Waals surface area contributed by atoms with E-state index in [-0.39, 0.29) is 56.9 Å². The smallest absolute Gasteiger partial charge is 0.317 e. The van der Waals surface area contributed by atoms with Gasteiger partial charge in [0.1, 0.15) is 30.8 Å². The van der Waals surface area contributed by atoms with E-state index in [1.54, 1.807) is 24.1 Å². The van der Waals surface area contributed by atoms with Crippen LogP contribution in [0.4, 0.5) is 4.79 Å². The Balaban J connectivity index is 1.46. The van der Waals surface area contributed by atoms with E-state index >= 15 is 0 Å². The molecule has 6 rings (SSSR count). The number of aliphatic hydroxyl groups excluding tert-OH is 2. The molecule has 2 aromatic rings. The number of ether oxygens (including phenoxy) is 5. The third-order valence-electron chi connectivity index (χ3n) is 11.0. The number of carbonyl (C=O) groups excluding carboxylic acids is 1. The number of benzene rings is 2. The molecule has 12 heteroatoms. The Morgan fingerprint density at radius 2 is 1.78 bits per heavy atom. The van der Waals surface area contributed by atoms with Crippen LogP contribution in [-0.4, -0.2) is 85.6 Å². The van der Waals surface area contributed by atoms with Gasteiger partial charge in [-0.15, -0.1) is 6.58 Å². The Morgan fingerprint density at radius 1 is 1.02 bits per heavy atom. The van der Waals surface area contributed by atoms with Crippen molar-refractivity contribution in [2.45, 2.75) is 76.2 Å². The van der Waals surface area contributed by atoms with Crippen molar-refractivity contribution in [1.82, 2.24) is 10.2 Å². The predicted octanol–water partition coefficient (Wildman–Crippen LogP) is 6.48. The highest BCUT2D eigenvalue weighted by molar-refractivity contribution is 6.03. The number of carbonyl (C=O) groups is 1. The van der Waals surface area contributed by atoms with Crippen molar-refractivity contribution in [3.8, 4) is 23.0 Å². The van der Waals surface area contributed by atoms with Crippen LogP contribution in [0.1, 0.15) is 68.9 Å². The molecule has 6 unspecified atom stereocenters. The van der Waals surface area contributed by atoms with Gasteiger partial charge in [0.25, 0.3) is 0 Å². The molecule has 2 aliphatic carbocycles. The number of amides is 2. The lowest BCUT2D eigenvalue weighted by Crippen LogP contribution is -2.70. The maximum atomic E-state index is 14.2. The molecule has 0 radical (unpaired) electrons. The van der Waals surface area contributed by atoms with Crippen LogP contribution in [0.3, 0.4) is 0 Å². The van der Waals surface area contributed by atoms with Crippen LogP contribution in [0.5, 0.6) is 23.0 Å². The quantitative estimate of drug-likeness (QED) is 0.0838. The molecule has 0 spiro atoms. The first-order valence-electron chi connectivity index (χ1n) is 19.2. The zero-order valence-corrected chi connectivity index (χ0v) is 31.5. The van der Waals surface area contributed by atoms with Gasteiger partial charge in [-0.2, -0.15) is 0 Å². The van der Waals surface area contributed by atoms with Gasteiger partial charge < -0.3 is 49.0 Å². The standard InChI is InChI=1S/C42H55N3O9/c1-5-20-49-30-15-17-35-33(24-30)39-31(13-9-11-19-47)29(12-8-10-18-46)23-32-34(44-53-7-3)25-38(42(54-35,40(32)39)52-21-6-2)45(4)41(48)43-26-28-14-16-36-37(22-28)51-27-50-36/h5-6,14-17,22-24,29,31,38-40,46-47H,1-2,7-13,18-21,25-27H2,3-4H3,(H,43,48). The summed E-state index contributed by atoms with van der Waals surface area (Å²) in [5.74, 6) is 1.09.